The van der Waals surface area contributed by atoms with Gasteiger partial charge in [0.15, 0.2) is 11.6 Å². The fourth-order valence-electron chi connectivity index (χ4n) is 4.87. The van der Waals surface area contributed by atoms with Crippen molar-refractivity contribution < 1.29 is 9.26 Å². The van der Waals surface area contributed by atoms with Crippen LogP contribution in [-0.4, -0.2) is 58.9 Å². The Morgan fingerprint density at radius 3 is 2.74 bits per heavy atom. The highest BCUT2D eigenvalue weighted by atomic mass is 32.1. The Balaban J connectivity index is 1.28. The van der Waals surface area contributed by atoms with Gasteiger partial charge in [0.1, 0.15) is 4.83 Å². The second-order valence-electron chi connectivity index (χ2n) is 8.86. The Morgan fingerprint density at radius 2 is 1.97 bits per heavy atom. The fourth-order valence-corrected chi connectivity index (χ4v) is 5.98. The number of ether oxygens (including phenoxy) is 1. The van der Waals surface area contributed by atoms with Gasteiger partial charge in [-0.1, -0.05) is 23.4 Å². The van der Waals surface area contributed by atoms with E-state index in [1.54, 1.807) is 17.7 Å². The zero-order chi connectivity index (χ0) is 23.7. The van der Waals surface area contributed by atoms with Crippen LogP contribution in [0.2, 0.25) is 0 Å². The maximum Gasteiger partial charge on any atom is 0.262 e. The van der Waals surface area contributed by atoms with Crippen LogP contribution in [0.1, 0.15) is 48.6 Å². The molecule has 1 saturated heterocycles. The Hall–Kier alpha value is -2.75. The molecule has 2 aliphatic heterocycles. The summed E-state index contributed by atoms with van der Waals surface area (Å²) in [7, 11) is 0. The van der Waals surface area contributed by atoms with E-state index in [1.165, 1.54) is 0 Å². The average Bonchev–Trinajstić information content (AvgIpc) is 3.42. The highest BCUT2D eigenvalue weighted by molar-refractivity contribution is 7.18. The van der Waals surface area contributed by atoms with E-state index in [0.717, 1.165) is 76.9 Å². The van der Waals surface area contributed by atoms with Crippen LogP contribution in [0.4, 0.5) is 5.82 Å². The van der Waals surface area contributed by atoms with E-state index in [4.69, 9.17) is 9.26 Å². The van der Waals surface area contributed by atoms with Gasteiger partial charge in [0, 0.05) is 43.6 Å². The predicted octanol–water partition coefficient (Wildman–Crippen LogP) is 3.97. The van der Waals surface area contributed by atoms with Crippen LogP contribution >= 0.6 is 11.3 Å². The lowest BCUT2D eigenvalue weighted by Gasteiger charge is -2.36. The highest BCUT2D eigenvalue weighted by Gasteiger charge is 2.26. The highest BCUT2D eigenvalue weighted by Crippen LogP contribution is 2.31. The van der Waals surface area contributed by atoms with Gasteiger partial charge in [0.05, 0.1) is 30.5 Å². The molecule has 0 saturated carbocycles. The average molecular weight is 482 g/mol. The van der Waals surface area contributed by atoms with Crippen molar-refractivity contribution in [2.75, 3.05) is 44.2 Å². The van der Waals surface area contributed by atoms with E-state index in [9.17, 15) is 4.79 Å². The van der Waals surface area contributed by atoms with Gasteiger partial charge in [-0.2, -0.15) is 0 Å². The molecule has 0 radical (unpaired) electrons. The fraction of sp³-hybridized carbons (Fsp3) is 0.480. The monoisotopic (exact) mass is 481 g/mol. The second kappa shape index (κ2) is 9.85. The summed E-state index contributed by atoms with van der Waals surface area (Å²) in [6, 6.07) is 0.0401. The van der Waals surface area contributed by atoms with Crippen LogP contribution in [0, 0.1) is 0 Å². The number of aromatic nitrogens is 3. The normalized spacial score (nSPS) is 18.4. The molecule has 3 aromatic rings. The second-order valence-corrected chi connectivity index (χ2v) is 9.95. The molecule has 0 amide bonds. The van der Waals surface area contributed by atoms with Crippen molar-refractivity contribution in [3.63, 3.8) is 0 Å². The SMILES string of the molecule is C/C=C\c1onc(N2CCN(C[C@@H](C)n3cnc4sc5c(c4c3=O)CCOC5)CC2)c1/C=C/C. The van der Waals surface area contributed by atoms with Crippen molar-refractivity contribution in [2.45, 2.75) is 39.8 Å². The molecule has 0 aliphatic carbocycles. The van der Waals surface area contributed by atoms with E-state index in [2.05, 4.69) is 32.9 Å². The van der Waals surface area contributed by atoms with Crippen molar-refractivity contribution >= 4 is 39.5 Å². The first-order valence-electron chi connectivity index (χ1n) is 11.9. The lowest BCUT2D eigenvalue weighted by atomic mass is 10.1. The molecular formula is C25H31N5O3S. The maximum atomic E-state index is 13.4. The van der Waals surface area contributed by atoms with E-state index in [-0.39, 0.29) is 11.6 Å². The first-order chi connectivity index (χ1) is 16.6. The molecule has 8 nitrogen and oxygen atoms in total. The summed E-state index contributed by atoms with van der Waals surface area (Å²) < 4.78 is 12.9. The van der Waals surface area contributed by atoms with Crippen LogP contribution in [0.5, 0.6) is 0 Å². The van der Waals surface area contributed by atoms with Crippen molar-refractivity contribution in [2.24, 2.45) is 0 Å². The van der Waals surface area contributed by atoms with E-state index < -0.39 is 0 Å². The number of nitrogens with zero attached hydrogens (tertiary/aromatic N) is 5. The number of piperazine rings is 1. The van der Waals surface area contributed by atoms with Crippen molar-refractivity contribution in [1.82, 2.24) is 19.6 Å². The third kappa shape index (κ3) is 4.23. The van der Waals surface area contributed by atoms with Gasteiger partial charge in [0.2, 0.25) is 0 Å². The summed E-state index contributed by atoms with van der Waals surface area (Å²) >= 11 is 1.59. The van der Waals surface area contributed by atoms with E-state index in [0.29, 0.717) is 13.2 Å². The third-order valence-electron chi connectivity index (χ3n) is 6.61. The van der Waals surface area contributed by atoms with Crippen molar-refractivity contribution in [1.29, 1.82) is 0 Å². The van der Waals surface area contributed by atoms with Gasteiger partial charge in [-0.25, -0.2) is 4.98 Å². The van der Waals surface area contributed by atoms with Crippen LogP contribution < -0.4 is 10.5 Å². The van der Waals surface area contributed by atoms with Crippen molar-refractivity contribution in [3.8, 4) is 0 Å². The first kappa shape index (κ1) is 23.0. The molecule has 0 unspecified atom stereocenters. The summed E-state index contributed by atoms with van der Waals surface area (Å²) in [5.41, 5.74) is 2.24. The minimum atomic E-state index is 0.0401. The molecule has 0 N–H and O–H groups in total. The molecule has 0 aromatic carbocycles. The number of anilines is 1. The molecule has 0 spiro atoms. The van der Waals surface area contributed by atoms with E-state index in [1.807, 2.05) is 36.6 Å². The zero-order valence-corrected chi connectivity index (χ0v) is 20.8. The van der Waals surface area contributed by atoms with Crippen LogP contribution in [-0.2, 0) is 17.8 Å². The Labute approximate surface area is 203 Å². The molecule has 1 atom stereocenters. The third-order valence-corrected chi connectivity index (χ3v) is 7.72. The molecule has 5 heterocycles. The minimum absolute atomic E-state index is 0.0401. The largest absolute Gasteiger partial charge is 0.376 e. The lowest BCUT2D eigenvalue weighted by Crippen LogP contribution is -2.48. The number of hydrogen-bond donors (Lipinski definition) is 0. The molecule has 180 valence electrons. The molecule has 2 aliphatic rings. The lowest BCUT2D eigenvalue weighted by molar-refractivity contribution is 0.114. The molecule has 9 heteroatoms. The number of allylic oxidation sites excluding steroid dienone is 2. The molecular weight excluding hydrogens is 450 g/mol. The zero-order valence-electron chi connectivity index (χ0n) is 20.0. The summed E-state index contributed by atoms with van der Waals surface area (Å²) in [5.74, 6) is 1.69. The quantitative estimate of drug-likeness (QED) is 0.527. The van der Waals surface area contributed by atoms with Gasteiger partial charge in [-0.05, 0) is 38.8 Å². The standard InChI is InChI=1S/C25H31N5O3S/c1-4-6-18-20(7-5-2)33-27-23(18)29-11-9-28(10-12-29)14-17(3)30-16-26-24-22(25(30)31)19-8-13-32-15-21(19)34-24/h4-7,16-17H,8-15H2,1-3H3/b6-4+,7-5-/t17-/m1/s1. The molecule has 34 heavy (non-hydrogen) atoms. The Morgan fingerprint density at radius 1 is 1.18 bits per heavy atom. The molecule has 1 fully saturated rings. The summed E-state index contributed by atoms with van der Waals surface area (Å²) in [6.07, 6.45) is 10.5. The van der Waals surface area contributed by atoms with Gasteiger partial charge in [-0.3, -0.25) is 14.3 Å². The number of thiophene rings is 1. The summed E-state index contributed by atoms with van der Waals surface area (Å²) in [6.45, 7) is 11.7. The van der Waals surface area contributed by atoms with Gasteiger partial charge in [0.25, 0.3) is 5.56 Å². The number of rotatable bonds is 6. The van der Waals surface area contributed by atoms with Crippen LogP contribution in [0.3, 0.4) is 0 Å². The molecule has 3 aromatic heterocycles. The Bertz CT molecular complexity index is 1280. The molecule has 0 bridgehead atoms. The van der Waals surface area contributed by atoms with Crippen LogP contribution in [0.15, 0.2) is 27.8 Å². The van der Waals surface area contributed by atoms with Gasteiger partial charge in [-0.15, -0.1) is 11.3 Å². The molecule has 5 rings (SSSR count). The van der Waals surface area contributed by atoms with Gasteiger partial charge < -0.3 is 14.2 Å². The number of hydrogen-bond acceptors (Lipinski definition) is 8. The minimum Gasteiger partial charge on any atom is -0.376 e. The first-order valence-corrected chi connectivity index (χ1v) is 12.7. The van der Waals surface area contributed by atoms with Crippen molar-refractivity contribution in [3.05, 3.63) is 50.6 Å². The summed E-state index contributed by atoms with van der Waals surface area (Å²) in [5, 5.41) is 5.14. The summed E-state index contributed by atoms with van der Waals surface area (Å²) in [4.78, 5) is 24.7. The maximum absolute atomic E-state index is 13.4. The van der Waals surface area contributed by atoms with Crippen LogP contribution in [0.25, 0.3) is 22.4 Å². The number of fused-ring (bicyclic) bond motifs is 3. The Kier molecular flexibility index (Phi) is 6.67. The van der Waals surface area contributed by atoms with Gasteiger partial charge >= 0.3 is 0 Å². The van der Waals surface area contributed by atoms with E-state index >= 15 is 0 Å². The predicted molar refractivity (Wildman–Crippen MR) is 137 cm³/mol. The smallest absolute Gasteiger partial charge is 0.262 e. The topological polar surface area (TPSA) is 76.6 Å².